The summed E-state index contributed by atoms with van der Waals surface area (Å²) in [5, 5.41) is 3.01. The Morgan fingerprint density at radius 2 is 2.00 bits per heavy atom. The Labute approximate surface area is 126 Å². The molecule has 0 aliphatic carbocycles. The van der Waals surface area contributed by atoms with Gasteiger partial charge in [0.25, 0.3) is 11.5 Å². The fourth-order valence-electron chi connectivity index (χ4n) is 2.02. The lowest BCUT2D eigenvalue weighted by atomic mass is 10.2. The summed E-state index contributed by atoms with van der Waals surface area (Å²) in [4.78, 5) is 40.2. The summed E-state index contributed by atoms with van der Waals surface area (Å²) in [6.07, 6.45) is 0. The number of nitrogens with two attached hydrogens (primary N) is 1. The fourth-order valence-corrected chi connectivity index (χ4v) is 2.02. The van der Waals surface area contributed by atoms with Crippen molar-refractivity contribution in [2.24, 2.45) is 25.7 Å². The molecule has 3 N–H and O–H groups in total. The van der Waals surface area contributed by atoms with E-state index in [2.05, 4.69) is 10.3 Å². The Morgan fingerprint density at radius 3 is 2.64 bits per heavy atom. The molecule has 0 spiro atoms. The number of nitrogens with zero attached hydrogens (tertiary/aromatic N) is 3. The molecule has 0 aliphatic heterocycles. The van der Waals surface area contributed by atoms with Crippen LogP contribution in [0.3, 0.4) is 0 Å². The minimum atomic E-state index is -0.487. The summed E-state index contributed by atoms with van der Waals surface area (Å²) < 4.78 is 2.25. The second-order valence-corrected chi connectivity index (χ2v) is 5.32. The third-order valence-electron chi connectivity index (χ3n) is 3.55. The molecule has 2 aromatic heterocycles. The number of amides is 1. The SMILES string of the molecule is CC(CN)CNC(=O)c1ccc2c(=O)n(C)c(=O)n(C)c2n1. The Kier molecular flexibility index (Phi) is 4.41. The third-order valence-corrected chi connectivity index (χ3v) is 3.55. The van der Waals surface area contributed by atoms with Gasteiger partial charge in [0, 0.05) is 20.6 Å². The molecule has 0 radical (unpaired) electrons. The molecular formula is C14H19N5O3. The highest BCUT2D eigenvalue weighted by Crippen LogP contribution is 2.06. The predicted octanol–water partition coefficient (Wildman–Crippen LogP) is -1.04. The maximum atomic E-state index is 12.1. The van der Waals surface area contributed by atoms with Crippen molar-refractivity contribution in [1.82, 2.24) is 19.4 Å². The highest BCUT2D eigenvalue weighted by atomic mass is 16.2. The van der Waals surface area contributed by atoms with Crippen LogP contribution in [-0.2, 0) is 14.1 Å². The van der Waals surface area contributed by atoms with Crippen LogP contribution in [0.4, 0.5) is 0 Å². The van der Waals surface area contributed by atoms with Gasteiger partial charge in [0.2, 0.25) is 0 Å². The standard InChI is InChI=1S/C14H19N5O3/c1-8(6-15)7-16-12(20)10-5-4-9-11(17-10)18(2)14(22)19(3)13(9)21/h4-5,8H,6-7,15H2,1-3H3,(H,16,20). The first-order chi connectivity index (χ1) is 10.4. The molecule has 1 atom stereocenters. The van der Waals surface area contributed by atoms with Gasteiger partial charge in [0.15, 0.2) is 0 Å². The quantitative estimate of drug-likeness (QED) is 0.749. The molecule has 2 aromatic rings. The van der Waals surface area contributed by atoms with E-state index in [-0.39, 0.29) is 28.6 Å². The molecule has 0 saturated heterocycles. The van der Waals surface area contributed by atoms with Crippen LogP contribution in [-0.4, -0.2) is 33.1 Å². The Balaban J connectivity index is 2.45. The van der Waals surface area contributed by atoms with Crippen LogP contribution < -0.4 is 22.3 Å². The molecule has 118 valence electrons. The maximum absolute atomic E-state index is 12.1. The number of hydrogen-bond acceptors (Lipinski definition) is 5. The van der Waals surface area contributed by atoms with Crippen molar-refractivity contribution in [2.45, 2.75) is 6.92 Å². The van der Waals surface area contributed by atoms with Gasteiger partial charge in [-0.25, -0.2) is 9.78 Å². The number of aryl methyl sites for hydroxylation is 1. The van der Waals surface area contributed by atoms with Crippen molar-refractivity contribution in [3.63, 3.8) is 0 Å². The topological polar surface area (TPSA) is 112 Å². The first-order valence-corrected chi connectivity index (χ1v) is 6.91. The average molecular weight is 305 g/mol. The molecule has 1 amide bonds. The highest BCUT2D eigenvalue weighted by molar-refractivity contribution is 5.94. The van der Waals surface area contributed by atoms with E-state index in [1.54, 1.807) is 0 Å². The van der Waals surface area contributed by atoms with E-state index in [0.29, 0.717) is 13.1 Å². The lowest BCUT2D eigenvalue weighted by Gasteiger charge is -2.11. The Morgan fingerprint density at radius 1 is 1.32 bits per heavy atom. The fraction of sp³-hybridized carbons (Fsp3) is 0.429. The number of nitrogens with one attached hydrogen (secondary N) is 1. The van der Waals surface area contributed by atoms with Crippen LogP contribution >= 0.6 is 0 Å². The molecule has 0 aliphatic rings. The van der Waals surface area contributed by atoms with Crippen LogP contribution in [0, 0.1) is 5.92 Å². The van der Waals surface area contributed by atoms with Gasteiger partial charge in [-0.1, -0.05) is 6.92 Å². The molecular weight excluding hydrogens is 286 g/mol. The normalized spacial score (nSPS) is 12.4. The molecule has 0 bridgehead atoms. The van der Waals surface area contributed by atoms with Gasteiger partial charge in [0.05, 0.1) is 5.39 Å². The summed E-state index contributed by atoms with van der Waals surface area (Å²) in [5.41, 5.74) is 4.91. The molecule has 8 nitrogen and oxygen atoms in total. The Bertz CT molecular complexity index is 837. The van der Waals surface area contributed by atoms with Gasteiger partial charge in [-0.15, -0.1) is 0 Å². The zero-order valence-electron chi connectivity index (χ0n) is 12.8. The summed E-state index contributed by atoms with van der Waals surface area (Å²) >= 11 is 0. The van der Waals surface area contributed by atoms with Crippen molar-refractivity contribution in [1.29, 1.82) is 0 Å². The molecule has 0 fully saturated rings. The highest BCUT2D eigenvalue weighted by Gasteiger charge is 2.14. The Hall–Kier alpha value is -2.48. The summed E-state index contributed by atoms with van der Waals surface area (Å²) in [6.45, 7) is 2.82. The van der Waals surface area contributed by atoms with Crippen LogP contribution in [0.5, 0.6) is 0 Å². The minimum Gasteiger partial charge on any atom is -0.350 e. The number of fused-ring (bicyclic) bond motifs is 1. The number of aromatic nitrogens is 3. The van der Waals surface area contributed by atoms with Crippen molar-refractivity contribution in [3.05, 3.63) is 38.7 Å². The molecule has 0 saturated carbocycles. The van der Waals surface area contributed by atoms with Crippen molar-refractivity contribution >= 4 is 16.9 Å². The average Bonchev–Trinajstić information content (AvgIpc) is 2.54. The van der Waals surface area contributed by atoms with Gasteiger partial charge in [-0.3, -0.25) is 18.7 Å². The van der Waals surface area contributed by atoms with Crippen molar-refractivity contribution in [2.75, 3.05) is 13.1 Å². The van der Waals surface area contributed by atoms with E-state index in [9.17, 15) is 14.4 Å². The number of pyridine rings is 1. The zero-order chi connectivity index (χ0) is 16.4. The lowest BCUT2D eigenvalue weighted by Crippen LogP contribution is -2.37. The first kappa shape index (κ1) is 15.9. The van der Waals surface area contributed by atoms with E-state index >= 15 is 0 Å². The number of hydrogen-bond donors (Lipinski definition) is 2. The summed E-state index contributed by atoms with van der Waals surface area (Å²) in [6, 6.07) is 2.97. The summed E-state index contributed by atoms with van der Waals surface area (Å²) in [7, 11) is 2.91. The van der Waals surface area contributed by atoms with Gasteiger partial charge in [-0.2, -0.15) is 0 Å². The van der Waals surface area contributed by atoms with Crippen LogP contribution in [0.25, 0.3) is 11.0 Å². The number of carbonyl (C=O) groups is 1. The third kappa shape index (κ3) is 2.77. The van der Waals surface area contributed by atoms with Crippen LogP contribution in [0.2, 0.25) is 0 Å². The smallest absolute Gasteiger partial charge is 0.332 e. The van der Waals surface area contributed by atoms with E-state index in [0.717, 1.165) is 4.57 Å². The minimum absolute atomic E-state index is 0.153. The van der Waals surface area contributed by atoms with E-state index in [1.165, 1.54) is 30.8 Å². The second kappa shape index (κ2) is 6.10. The number of carbonyl (C=O) groups excluding carboxylic acids is 1. The van der Waals surface area contributed by atoms with Crippen LogP contribution in [0.15, 0.2) is 21.7 Å². The number of rotatable bonds is 4. The molecule has 2 rings (SSSR count). The molecule has 2 heterocycles. The summed E-state index contributed by atoms with van der Waals surface area (Å²) in [5.74, 6) is -0.212. The lowest BCUT2D eigenvalue weighted by molar-refractivity contribution is 0.0944. The molecule has 8 heteroatoms. The second-order valence-electron chi connectivity index (χ2n) is 5.32. The zero-order valence-corrected chi connectivity index (χ0v) is 12.8. The molecule has 1 unspecified atom stereocenters. The monoisotopic (exact) mass is 305 g/mol. The van der Waals surface area contributed by atoms with E-state index < -0.39 is 11.2 Å². The first-order valence-electron chi connectivity index (χ1n) is 6.91. The maximum Gasteiger partial charge on any atom is 0.332 e. The van der Waals surface area contributed by atoms with Gasteiger partial charge >= 0.3 is 5.69 Å². The van der Waals surface area contributed by atoms with Gasteiger partial charge < -0.3 is 11.1 Å². The van der Waals surface area contributed by atoms with E-state index in [4.69, 9.17) is 5.73 Å². The van der Waals surface area contributed by atoms with Crippen molar-refractivity contribution in [3.8, 4) is 0 Å². The van der Waals surface area contributed by atoms with Gasteiger partial charge in [0.1, 0.15) is 11.3 Å². The molecule has 0 aromatic carbocycles. The van der Waals surface area contributed by atoms with E-state index in [1.807, 2.05) is 6.92 Å². The van der Waals surface area contributed by atoms with Gasteiger partial charge in [-0.05, 0) is 24.6 Å². The molecule has 22 heavy (non-hydrogen) atoms. The van der Waals surface area contributed by atoms with Crippen molar-refractivity contribution < 1.29 is 4.79 Å². The van der Waals surface area contributed by atoms with Crippen LogP contribution in [0.1, 0.15) is 17.4 Å². The predicted molar refractivity (Wildman–Crippen MR) is 82.8 cm³/mol. The largest absolute Gasteiger partial charge is 0.350 e.